The quantitative estimate of drug-likeness (QED) is 0.0519. The van der Waals surface area contributed by atoms with Crippen molar-refractivity contribution in [2.24, 2.45) is 5.73 Å². The normalized spacial score (nSPS) is 11.7. The molecule has 0 aromatic rings. The van der Waals surface area contributed by atoms with Crippen LogP contribution in [0.5, 0.6) is 0 Å². The van der Waals surface area contributed by atoms with E-state index in [0.717, 1.165) is 25.7 Å². The summed E-state index contributed by atoms with van der Waals surface area (Å²) < 4.78 is 10.8. The van der Waals surface area contributed by atoms with Gasteiger partial charge in [0.1, 0.15) is 12.7 Å². The molecule has 0 saturated heterocycles. The van der Waals surface area contributed by atoms with Crippen LogP contribution in [0.4, 0.5) is 0 Å². The number of unbranched alkanes of at least 4 members (excludes halogenated alkanes) is 28. The largest absolute Gasteiger partial charge is 0.462 e. The molecule has 270 valence electrons. The molecule has 1 atom stereocenters. The van der Waals surface area contributed by atoms with E-state index < -0.39 is 6.10 Å². The van der Waals surface area contributed by atoms with Crippen LogP contribution < -0.4 is 5.73 Å². The van der Waals surface area contributed by atoms with Crippen molar-refractivity contribution in [2.75, 3.05) is 13.2 Å². The van der Waals surface area contributed by atoms with Gasteiger partial charge in [-0.1, -0.05) is 194 Å². The number of hydrogen-bond acceptors (Lipinski definition) is 5. The van der Waals surface area contributed by atoms with Crippen LogP contribution in [0.1, 0.15) is 219 Å². The van der Waals surface area contributed by atoms with Gasteiger partial charge >= 0.3 is 11.9 Å². The lowest BCUT2D eigenvalue weighted by Crippen LogP contribution is -2.32. The summed E-state index contributed by atoms with van der Waals surface area (Å²) in [6.45, 7) is 4.79. The van der Waals surface area contributed by atoms with Gasteiger partial charge in [-0.25, -0.2) is 0 Å². The highest BCUT2D eigenvalue weighted by molar-refractivity contribution is 8.93. The lowest BCUT2D eigenvalue weighted by Gasteiger charge is -2.16. The Balaban J connectivity index is 0. The molecular weight excluding hydrogens is 626 g/mol. The van der Waals surface area contributed by atoms with E-state index in [9.17, 15) is 9.59 Å². The van der Waals surface area contributed by atoms with Crippen LogP contribution in [-0.4, -0.2) is 31.2 Å². The zero-order chi connectivity index (χ0) is 32.2. The molecule has 6 heteroatoms. The Labute approximate surface area is 291 Å². The van der Waals surface area contributed by atoms with E-state index in [0.29, 0.717) is 12.8 Å². The van der Waals surface area contributed by atoms with Crippen molar-refractivity contribution in [3.8, 4) is 0 Å². The maximum absolute atomic E-state index is 12.2. The molecule has 0 heterocycles. The van der Waals surface area contributed by atoms with Gasteiger partial charge in [-0.15, -0.1) is 17.0 Å². The van der Waals surface area contributed by atoms with Crippen molar-refractivity contribution in [3.63, 3.8) is 0 Å². The number of nitrogens with two attached hydrogens (primary N) is 1. The summed E-state index contributed by atoms with van der Waals surface area (Å²) in [6, 6.07) is 0. The van der Waals surface area contributed by atoms with Crippen LogP contribution in [-0.2, 0) is 19.1 Å². The fraction of sp³-hybridized carbons (Fsp3) is 0.949. The van der Waals surface area contributed by atoms with Crippen LogP contribution in [0, 0.1) is 0 Å². The third kappa shape index (κ3) is 37.7. The van der Waals surface area contributed by atoms with Crippen molar-refractivity contribution >= 4 is 28.9 Å². The van der Waals surface area contributed by atoms with Gasteiger partial charge in [0.2, 0.25) is 0 Å². The third-order valence-electron chi connectivity index (χ3n) is 8.96. The molecule has 0 aliphatic rings. The number of rotatable bonds is 36. The summed E-state index contributed by atoms with van der Waals surface area (Å²) in [6.07, 6.45) is 39.4. The van der Waals surface area contributed by atoms with Crippen molar-refractivity contribution < 1.29 is 19.1 Å². The second kappa shape index (κ2) is 39.6. The van der Waals surface area contributed by atoms with Gasteiger partial charge in [-0.2, -0.15) is 0 Å². The second-order valence-corrected chi connectivity index (χ2v) is 13.4. The van der Waals surface area contributed by atoms with Gasteiger partial charge in [-0.3, -0.25) is 9.59 Å². The first kappa shape index (κ1) is 46.5. The standard InChI is InChI=1S/C39H77NO4.BrH/c1-3-5-7-9-11-13-15-17-19-21-23-25-27-29-31-33-38(41)43-36-37(35-40)44-39(42)34-32-30-28-26-24-22-20-18-16-14-12-10-8-6-4-2;/h37H,3-36,40H2,1-2H3;1H. The summed E-state index contributed by atoms with van der Waals surface area (Å²) in [4.78, 5) is 24.3. The Bertz CT molecular complexity index is 604. The molecule has 0 aliphatic heterocycles. The van der Waals surface area contributed by atoms with Crippen molar-refractivity contribution in [1.82, 2.24) is 0 Å². The third-order valence-corrected chi connectivity index (χ3v) is 8.96. The van der Waals surface area contributed by atoms with Gasteiger partial charge < -0.3 is 15.2 Å². The second-order valence-electron chi connectivity index (χ2n) is 13.4. The summed E-state index contributed by atoms with van der Waals surface area (Å²) in [7, 11) is 0. The molecule has 0 fully saturated rings. The first-order chi connectivity index (χ1) is 21.6. The summed E-state index contributed by atoms with van der Waals surface area (Å²) in [5.74, 6) is -0.440. The lowest BCUT2D eigenvalue weighted by atomic mass is 10.0. The first-order valence-corrected chi connectivity index (χ1v) is 19.7. The van der Waals surface area contributed by atoms with Crippen molar-refractivity contribution in [2.45, 2.75) is 225 Å². The zero-order valence-electron chi connectivity index (χ0n) is 30.2. The Morgan fingerprint density at radius 2 is 0.711 bits per heavy atom. The molecule has 0 bridgehead atoms. The minimum Gasteiger partial charge on any atom is -0.462 e. The summed E-state index contributed by atoms with van der Waals surface area (Å²) in [5.41, 5.74) is 5.76. The fourth-order valence-electron chi connectivity index (χ4n) is 5.93. The van der Waals surface area contributed by atoms with Crippen LogP contribution in [0.25, 0.3) is 0 Å². The Morgan fingerprint density at radius 1 is 0.444 bits per heavy atom. The molecule has 0 amide bonds. The Kier molecular flexibility index (Phi) is 40.9. The zero-order valence-corrected chi connectivity index (χ0v) is 32.0. The molecule has 0 aromatic heterocycles. The molecule has 0 radical (unpaired) electrons. The number of ether oxygens (including phenoxy) is 2. The topological polar surface area (TPSA) is 78.6 Å². The van der Waals surface area contributed by atoms with E-state index in [1.54, 1.807) is 0 Å². The van der Waals surface area contributed by atoms with Crippen molar-refractivity contribution in [1.29, 1.82) is 0 Å². The molecule has 5 nitrogen and oxygen atoms in total. The molecule has 0 aliphatic carbocycles. The Hall–Kier alpha value is -0.620. The van der Waals surface area contributed by atoms with Gasteiger partial charge in [0.05, 0.1) is 0 Å². The van der Waals surface area contributed by atoms with Gasteiger partial charge in [0.15, 0.2) is 0 Å². The predicted molar refractivity (Wildman–Crippen MR) is 199 cm³/mol. The molecule has 45 heavy (non-hydrogen) atoms. The highest BCUT2D eigenvalue weighted by Gasteiger charge is 2.15. The minimum absolute atomic E-state index is 0. The van der Waals surface area contributed by atoms with Crippen molar-refractivity contribution in [3.05, 3.63) is 0 Å². The molecule has 0 rings (SSSR count). The molecule has 0 saturated carbocycles. The van der Waals surface area contributed by atoms with Crippen LogP contribution in [0.2, 0.25) is 0 Å². The molecule has 2 N–H and O–H groups in total. The maximum Gasteiger partial charge on any atom is 0.306 e. The smallest absolute Gasteiger partial charge is 0.306 e. The summed E-state index contributed by atoms with van der Waals surface area (Å²) in [5, 5.41) is 0. The molecule has 0 aromatic carbocycles. The van der Waals surface area contributed by atoms with E-state index in [1.165, 1.54) is 167 Å². The maximum atomic E-state index is 12.2. The van der Waals surface area contributed by atoms with Crippen LogP contribution in [0.3, 0.4) is 0 Å². The van der Waals surface area contributed by atoms with Gasteiger partial charge in [0.25, 0.3) is 0 Å². The van der Waals surface area contributed by atoms with E-state index in [2.05, 4.69) is 13.8 Å². The number of carbonyl (C=O) groups is 2. The van der Waals surface area contributed by atoms with E-state index in [1.807, 2.05) is 0 Å². The molecule has 1 unspecified atom stereocenters. The average molecular weight is 705 g/mol. The Morgan fingerprint density at radius 3 is 1.00 bits per heavy atom. The predicted octanol–water partition coefficient (Wildman–Crippen LogP) is 12.5. The number of halogens is 1. The monoisotopic (exact) mass is 704 g/mol. The van der Waals surface area contributed by atoms with E-state index in [-0.39, 0.29) is 42.1 Å². The molecular formula is C39H78BrNO4. The van der Waals surface area contributed by atoms with Gasteiger partial charge in [0, 0.05) is 19.4 Å². The van der Waals surface area contributed by atoms with Crippen LogP contribution in [0.15, 0.2) is 0 Å². The number of esters is 2. The van der Waals surface area contributed by atoms with E-state index in [4.69, 9.17) is 15.2 Å². The molecule has 0 spiro atoms. The number of carbonyl (C=O) groups excluding carboxylic acids is 2. The SMILES string of the molecule is Br.CCCCCCCCCCCCCCCCCC(=O)OCC(CN)OC(=O)CCCCCCCCCCCCCCCCC. The highest BCUT2D eigenvalue weighted by atomic mass is 79.9. The summed E-state index contributed by atoms with van der Waals surface area (Å²) >= 11 is 0. The lowest BCUT2D eigenvalue weighted by molar-refractivity contribution is -0.158. The first-order valence-electron chi connectivity index (χ1n) is 19.7. The van der Waals surface area contributed by atoms with Crippen LogP contribution >= 0.6 is 17.0 Å². The minimum atomic E-state index is -0.538. The van der Waals surface area contributed by atoms with Gasteiger partial charge in [-0.05, 0) is 12.8 Å². The average Bonchev–Trinajstić information content (AvgIpc) is 3.02. The van der Waals surface area contributed by atoms with E-state index >= 15 is 0 Å². The highest BCUT2D eigenvalue weighted by Crippen LogP contribution is 2.15. The number of hydrogen-bond donors (Lipinski definition) is 1. The fourth-order valence-corrected chi connectivity index (χ4v) is 5.93.